The van der Waals surface area contributed by atoms with Gasteiger partial charge < -0.3 is 5.32 Å². The lowest BCUT2D eigenvalue weighted by molar-refractivity contribution is 0.627. The lowest BCUT2D eigenvalue weighted by Gasteiger charge is -2.05. The van der Waals surface area contributed by atoms with Gasteiger partial charge in [0.05, 0.1) is 0 Å². The monoisotopic (exact) mass is 271 g/mol. The van der Waals surface area contributed by atoms with Crippen LogP contribution >= 0.6 is 15.9 Å². The predicted octanol–water partition coefficient (Wildman–Crippen LogP) is 3.60. The summed E-state index contributed by atoms with van der Waals surface area (Å²) in [7, 11) is 1.91. The van der Waals surface area contributed by atoms with Gasteiger partial charge in [0.2, 0.25) is 0 Å². The number of rotatable bonds is 4. The molecular formula is C12H15BrFN. The highest BCUT2D eigenvalue weighted by molar-refractivity contribution is 9.10. The minimum absolute atomic E-state index is 0.204. The molecule has 0 heterocycles. The Morgan fingerprint density at radius 1 is 1.53 bits per heavy atom. The maximum atomic E-state index is 13.0. The maximum absolute atomic E-state index is 13.0. The first-order valence-corrected chi connectivity index (χ1v) is 5.75. The summed E-state index contributed by atoms with van der Waals surface area (Å²) >= 11 is 3.41. The van der Waals surface area contributed by atoms with Crippen molar-refractivity contribution in [1.82, 2.24) is 5.32 Å². The molecule has 0 atom stereocenters. The van der Waals surface area contributed by atoms with Crippen LogP contribution in [0.25, 0.3) is 6.08 Å². The molecule has 0 unspecified atom stereocenters. The minimum Gasteiger partial charge on any atom is -0.316 e. The Hall–Kier alpha value is -0.670. The van der Waals surface area contributed by atoms with E-state index >= 15 is 0 Å². The molecule has 1 aromatic carbocycles. The van der Waals surface area contributed by atoms with Gasteiger partial charge in [-0.2, -0.15) is 0 Å². The SMILES string of the molecule is CC/C(=C/c1cc(F)ccc1Br)CNC. The number of halogens is 2. The lowest BCUT2D eigenvalue weighted by Crippen LogP contribution is -2.09. The zero-order valence-electron chi connectivity index (χ0n) is 8.98. The van der Waals surface area contributed by atoms with Gasteiger partial charge in [-0.1, -0.05) is 34.5 Å². The quantitative estimate of drug-likeness (QED) is 0.883. The van der Waals surface area contributed by atoms with Crippen LogP contribution < -0.4 is 5.32 Å². The zero-order chi connectivity index (χ0) is 11.3. The van der Waals surface area contributed by atoms with E-state index in [1.54, 1.807) is 6.07 Å². The zero-order valence-corrected chi connectivity index (χ0v) is 10.6. The van der Waals surface area contributed by atoms with E-state index in [9.17, 15) is 4.39 Å². The molecule has 0 aliphatic carbocycles. The van der Waals surface area contributed by atoms with Gasteiger partial charge in [0.1, 0.15) is 5.82 Å². The topological polar surface area (TPSA) is 12.0 Å². The summed E-state index contributed by atoms with van der Waals surface area (Å²) in [5.41, 5.74) is 2.14. The van der Waals surface area contributed by atoms with Gasteiger partial charge in [0, 0.05) is 11.0 Å². The molecule has 0 saturated carbocycles. The molecule has 1 N–H and O–H groups in total. The predicted molar refractivity (Wildman–Crippen MR) is 66.3 cm³/mol. The van der Waals surface area contributed by atoms with Crippen LogP contribution in [0.3, 0.4) is 0 Å². The van der Waals surface area contributed by atoms with Gasteiger partial charge in [-0.25, -0.2) is 4.39 Å². The summed E-state index contributed by atoms with van der Waals surface area (Å²) in [5.74, 6) is -0.204. The van der Waals surface area contributed by atoms with Crippen molar-refractivity contribution in [3.63, 3.8) is 0 Å². The molecule has 3 heteroatoms. The first-order valence-electron chi connectivity index (χ1n) is 4.96. The Balaban J connectivity index is 2.99. The summed E-state index contributed by atoms with van der Waals surface area (Å²) in [4.78, 5) is 0. The number of benzene rings is 1. The van der Waals surface area contributed by atoms with Crippen molar-refractivity contribution in [2.24, 2.45) is 0 Å². The van der Waals surface area contributed by atoms with E-state index in [-0.39, 0.29) is 5.82 Å². The van der Waals surface area contributed by atoms with Crippen LogP contribution in [-0.4, -0.2) is 13.6 Å². The van der Waals surface area contributed by atoms with Gasteiger partial charge >= 0.3 is 0 Å². The van der Waals surface area contributed by atoms with E-state index in [2.05, 4.69) is 28.2 Å². The molecule has 82 valence electrons. The second kappa shape index (κ2) is 6.03. The molecular weight excluding hydrogens is 257 g/mol. The molecule has 1 nitrogen and oxygen atoms in total. The summed E-state index contributed by atoms with van der Waals surface area (Å²) in [6.45, 7) is 2.93. The van der Waals surface area contributed by atoms with E-state index in [0.717, 1.165) is 23.0 Å². The van der Waals surface area contributed by atoms with Crippen LogP contribution in [0.4, 0.5) is 4.39 Å². The highest BCUT2D eigenvalue weighted by Crippen LogP contribution is 2.21. The molecule has 0 radical (unpaired) electrons. The van der Waals surface area contributed by atoms with Crippen molar-refractivity contribution in [2.45, 2.75) is 13.3 Å². The van der Waals surface area contributed by atoms with Gasteiger partial charge in [-0.3, -0.25) is 0 Å². The molecule has 0 aliphatic rings. The fourth-order valence-corrected chi connectivity index (χ4v) is 1.71. The normalized spacial score (nSPS) is 11.9. The van der Waals surface area contributed by atoms with Gasteiger partial charge in [0.25, 0.3) is 0 Å². The second-order valence-electron chi connectivity index (χ2n) is 3.35. The number of hydrogen-bond donors (Lipinski definition) is 1. The van der Waals surface area contributed by atoms with E-state index in [4.69, 9.17) is 0 Å². The second-order valence-corrected chi connectivity index (χ2v) is 4.21. The molecule has 15 heavy (non-hydrogen) atoms. The molecule has 0 aromatic heterocycles. The van der Waals surface area contributed by atoms with Gasteiger partial charge in [0.15, 0.2) is 0 Å². The molecule has 0 aliphatic heterocycles. The van der Waals surface area contributed by atoms with Crippen molar-refractivity contribution in [3.8, 4) is 0 Å². The maximum Gasteiger partial charge on any atom is 0.123 e. The molecule has 0 amide bonds. The highest BCUT2D eigenvalue weighted by atomic mass is 79.9. The standard InChI is InChI=1S/C12H15BrFN/c1-3-9(8-15-2)6-10-7-11(14)4-5-12(10)13/h4-7,15H,3,8H2,1-2H3/b9-6-. The van der Waals surface area contributed by atoms with E-state index in [0.29, 0.717) is 0 Å². The molecule has 1 aromatic rings. The first-order chi connectivity index (χ1) is 7.17. The van der Waals surface area contributed by atoms with Crippen LogP contribution in [0.2, 0.25) is 0 Å². The average molecular weight is 272 g/mol. The summed E-state index contributed by atoms with van der Waals surface area (Å²) in [6, 6.07) is 4.72. The van der Waals surface area contributed by atoms with Crippen molar-refractivity contribution >= 4 is 22.0 Å². The first kappa shape index (κ1) is 12.4. The van der Waals surface area contributed by atoms with E-state index < -0.39 is 0 Å². The minimum atomic E-state index is -0.204. The molecule has 0 spiro atoms. The Morgan fingerprint density at radius 3 is 2.87 bits per heavy atom. The Morgan fingerprint density at radius 2 is 2.27 bits per heavy atom. The van der Waals surface area contributed by atoms with Crippen LogP contribution in [0.15, 0.2) is 28.2 Å². The molecule has 1 rings (SSSR count). The van der Waals surface area contributed by atoms with Crippen molar-refractivity contribution in [2.75, 3.05) is 13.6 Å². The fourth-order valence-electron chi connectivity index (χ4n) is 1.35. The van der Waals surface area contributed by atoms with Crippen molar-refractivity contribution in [3.05, 3.63) is 39.6 Å². The molecule has 0 saturated heterocycles. The smallest absolute Gasteiger partial charge is 0.123 e. The summed E-state index contributed by atoms with van der Waals surface area (Å²) < 4.78 is 13.9. The fraction of sp³-hybridized carbons (Fsp3) is 0.333. The lowest BCUT2D eigenvalue weighted by atomic mass is 10.1. The van der Waals surface area contributed by atoms with E-state index in [1.807, 2.05) is 13.1 Å². The average Bonchev–Trinajstić information content (AvgIpc) is 2.22. The van der Waals surface area contributed by atoms with Crippen LogP contribution in [0.1, 0.15) is 18.9 Å². The third kappa shape index (κ3) is 3.76. The summed E-state index contributed by atoms with van der Waals surface area (Å²) in [5, 5.41) is 3.10. The Bertz CT molecular complexity index is 361. The Labute approximate surface area is 98.5 Å². The largest absolute Gasteiger partial charge is 0.316 e. The molecule has 0 bridgehead atoms. The van der Waals surface area contributed by atoms with E-state index in [1.165, 1.54) is 17.7 Å². The van der Waals surface area contributed by atoms with Crippen LogP contribution in [0, 0.1) is 5.82 Å². The summed E-state index contributed by atoms with van der Waals surface area (Å²) in [6.07, 6.45) is 2.98. The third-order valence-electron chi connectivity index (χ3n) is 2.18. The number of hydrogen-bond acceptors (Lipinski definition) is 1. The number of likely N-dealkylation sites (N-methyl/N-ethyl adjacent to an activating group) is 1. The van der Waals surface area contributed by atoms with Crippen molar-refractivity contribution in [1.29, 1.82) is 0 Å². The third-order valence-corrected chi connectivity index (χ3v) is 2.90. The van der Waals surface area contributed by atoms with Crippen LogP contribution in [-0.2, 0) is 0 Å². The van der Waals surface area contributed by atoms with Gasteiger partial charge in [-0.15, -0.1) is 0 Å². The molecule has 0 fully saturated rings. The Kier molecular flexibility index (Phi) is 4.99. The van der Waals surface area contributed by atoms with Gasteiger partial charge in [-0.05, 0) is 37.2 Å². The number of nitrogens with one attached hydrogen (secondary N) is 1. The van der Waals surface area contributed by atoms with Crippen molar-refractivity contribution < 1.29 is 4.39 Å². The highest BCUT2D eigenvalue weighted by Gasteiger charge is 2.00. The van der Waals surface area contributed by atoms with Crippen LogP contribution in [0.5, 0.6) is 0 Å².